The van der Waals surface area contributed by atoms with Gasteiger partial charge in [-0.3, -0.25) is 4.68 Å². The van der Waals surface area contributed by atoms with Crippen LogP contribution in [0.1, 0.15) is 22.6 Å². The first kappa shape index (κ1) is 31.4. The van der Waals surface area contributed by atoms with Gasteiger partial charge in [0.25, 0.3) is 0 Å². The molecule has 1 aliphatic rings. The van der Waals surface area contributed by atoms with Crippen molar-refractivity contribution in [2.24, 2.45) is 7.05 Å². The highest BCUT2D eigenvalue weighted by Gasteiger charge is 2.27. The second-order valence-corrected chi connectivity index (χ2v) is 13.2. The minimum Gasteiger partial charge on any atom is -0.470 e. The number of hydrogen-bond acceptors (Lipinski definition) is 12. The van der Waals surface area contributed by atoms with Gasteiger partial charge in [-0.1, -0.05) is 71.0 Å². The number of rotatable bonds is 7. The fraction of sp³-hybridized carbons (Fsp3) is 0.147. The van der Waals surface area contributed by atoms with Crippen LogP contribution in [0.4, 0.5) is 0 Å². The number of carbonyl (C=O) groups is 1. The summed E-state index contributed by atoms with van der Waals surface area (Å²) in [6.07, 6.45) is 2.96. The number of aromatic nitrogens is 8. The maximum atomic E-state index is 12.0. The number of benzene rings is 3. The van der Waals surface area contributed by atoms with Crippen molar-refractivity contribution in [1.82, 2.24) is 40.0 Å². The number of hydrogen-bond donors (Lipinski definition) is 0. The zero-order valence-corrected chi connectivity index (χ0v) is 27.3. The van der Waals surface area contributed by atoms with Crippen LogP contribution < -0.4 is 4.74 Å². The summed E-state index contributed by atoms with van der Waals surface area (Å²) < 4.78 is 42.5. The molecule has 4 aromatic heterocycles. The Morgan fingerprint density at radius 3 is 2.31 bits per heavy atom. The predicted molar refractivity (Wildman–Crippen MR) is 178 cm³/mol. The summed E-state index contributed by atoms with van der Waals surface area (Å²) in [5.41, 5.74) is 4.78. The third-order valence-electron chi connectivity index (χ3n) is 7.64. The third kappa shape index (κ3) is 6.38. The van der Waals surface area contributed by atoms with Crippen molar-refractivity contribution >= 4 is 43.4 Å². The molecule has 0 N–H and O–H groups in total. The van der Waals surface area contributed by atoms with Gasteiger partial charge in [-0.15, -0.1) is 20.4 Å². The van der Waals surface area contributed by atoms with Gasteiger partial charge < -0.3 is 14.0 Å². The van der Waals surface area contributed by atoms with E-state index in [1.165, 1.54) is 6.26 Å². The summed E-state index contributed by atoms with van der Waals surface area (Å²) in [5, 5.41) is 26.8. The first-order chi connectivity index (χ1) is 23.7. The van der Waals surface area contributed by atoms with Gasteiger partial charge in [-0.2, -0.15) is 4.52 Å². The average molecular weight is 677 g/mol. The molecule has 7 aromatic rings. The largest absolute Gasteiger partial charge is 0.470 e. The molecule has 49 heavy (non-hydrogen) atoms. The molecule has 5 heterocycles. The molecular formula is C34H28N8O6S. The van der Waals surface area contributed by atoms with E-state index in [1.807, 2.05) is 61.5 Å². The number of fused-ring (bicyclic) bond motifs is 3. The van der Waals surface area contributed by atoms with Crippen molar-refractivity contribution in [3.8, 4) is 17.4 Å². The molecule has 0 saturated heterocycles. The highest BCUT2D eigenvalue weighted by Crippen LogP contribution is 2.33. The Kier molecular flexibility index (Phi) is 8.17. The lowest BCUT2D eigenvalue weighted by molar-refractivity contribution is -0.133. The van der Waals surface area contributed by atoms with E-state index in [4.69, 9.17) is 14.0 Å². The molecule has 0 saturated carbocycles. The summed E-state index contributed by atoms with van der Waals surface area (Å²) in [4.78, 5) is 12.3. The molecular weight excluding hydrogens is 648 g/mol. The highest BCUT2D eigenvalue weighted by molar-refractivity contribution is 7.90. The molecule has 0 spiro atoms. The summed E-state index contributed by atoms with van der Waals surface area (Å²) in [7, 11) is -1.43. The Morgan fingerprint density at radius 1 is 0.898 bits per heavy atom. The summed E-state index contributed by atoms with van der Waals surface area (Å²) in [6, 6.07) is 25.3. The molecule has 8 rings (SSSR count). The maximum Gasteiger partial charge on any atom is 0.339 e. The first-order valence-corrected chi connectivity index (χ1v) is 16.9. The van der Waals surface area contributed by atoms with Crippen LogP contribution in [0, 0.1) is 6.92 Å². The zero-order valence-electron chi connectivity index (χ0n) is 26.5. The van der Waals surface area contributed by atoms with Gasteiger partial charge >= 0.3 is 5.97 Å². The standard InChI is InChI=1S/C17H14N8O2.C17H14O4S/c1-10-7-14(22-27-10)16-20-19-15-12-5-3-4-6-13(12)17(21-25(15)16)26-9-11-8-24(2)23-18-11;1-22(19,20)14-9-7-12(8-10-14)15-11-21-17(18)16(15)13-5-3-2-4-6-13/h3-8H,9H2,1-2H3;2-10H,11H2,1H3. The average Bonchev–Trinajstić information content (AvgIpc) is 3.91. The Bertz CT molecular complexity index is 2470. The number of esters is 1. The molecule has 3 aromatic carbocycles. The van der Waals surface area contributed by atoms with Crippen LogP contribution in [0.5, 0.6) is 5.88 Å². The molecule has 0 aliphatic carbocycles. The van der Waals surface area contributed by atoms with Gasteiger partial charge in [0.05, 0.1) is 16.7 Å². The van der Waals surface area contributed by atoms with Crippen LogP contribution in [0.15, 0.2) is 101 Å². The zero-order chi connectivity index (χ0) is 34.1. The lowest BCUT2D eigenvalue weighted by atomic mass is 9.97. The van der Waals surface area contributed by atoms with Crippen LogP contribution in [-0.4, -0.2) is 67.2 Å². The normalized spacial score (nSPS) is 13.1. The van der Waals surface area contributed by atoms with Crippen LogP contribution in [0.3, 0.4) is 0 Å². The number of cyclic esters (lactones) is 1. The van der Waals surface area contributed by atoms with Crippen LogP contribution in [0.2, 0.25) is 0 Å². The van der Waals surface area contributed by atoms with Crippen molar-refractivity contribution < 1.29 is 27.2 Å². The maximum absolute atomic E-state index is 12.0. The molecule has 0 radical (unpaired) electrons. The van der Waals surface area contributed by atoms with E-state index < -0.39 is 9.84 Å². The van der Waals surface area contributed by atoms with E-state index in [0.29, 0.717) is 40.1 Å². The predicted octanol–water partition coefficient (Wildman–Crippen LogP) is 4.51. The number of carbonyl (C=O) groups excluding carboxylic acids is 1. The van der Waals surface area contributed by atoms with Crippen LogP contribution in [-0.2, 0) is 33.0 Å². The Morgan fingerprint density at radius 2 is 1.63 bits per heavy atom. The Balaban J connectivity index is 0.000000158. The fourth-order valence-corrected chi connectivity index (χ4v) is 5.96. The van der Waals surface area contributed by atoms with E-state index in [2.05, 4.69) is 30.8 Å². The van der Waals surface area contributed by atoms with E-state index in [9.17, 15) is 13.2 Å². The van der Waals surface area contributed by atoms with Crippen LogP contribution in [0.25, 0.3) is 39.1 Å². The molecule has 0 amide bonds. The molecule has 0 atom stereocenters. The molecule has 0 unspecified atom stereocenters. The van der Waals surface area contributed by atoms with Gasteiger partial charge in [0.15, 0.2) is 21.2 Å². The quantitative estimate of drug-likeness (QED) is 0.217. The highest BCUT2D eigenvalue weighted by atomic mass is 32.2. The number of sulfone groups is 1. The second-order valence-electron chi connectivity index (χ2n) is 11.2. The number of ether oxygens (including phenoxy) is 2. The topological polar surface area (TPSA) is 169 Å². The van der Waals surface area contributed by atoms with Crippen molar-refractivity contribution in [2.75, 3.05) is 12.9 Å². The number of nitrogens with zero attached hydrogens (tertiary/aromatic N) is 8. The Labute approximate surface area is 279 Å². The first-order valence-electron chi connectivity index (χ1n) is 15.0. The van der Waals surface area contributed by atoms with E-state index >= 15 is 0 Å². The molecule has 0 fully saturated rings. The summed E-state index contributed by atoms with van der Waals surface area (Å²) in [6.45, 7) is 2.26. The van der Waals surface area contributed by atoms with Crippen molar-refractivity contribution in [2.45, 2.75) is 18.4 Å². The van der Waals surface area contributed by atoms with Gasteiger partial charge in [0, 0.05) is 35.7 Å². The van der Waals surface area contributed by atoms with Gasteiger partial charge in [0.1, 0.15) is 24.7 Å². The minimum absolute atomic E-state index is 0.196. The van der Waals surface area contributed by atoms with Crippen molar-refractivity contribution in [3.05, 3.63) is 114 Å². The van der Waals surface area contributed by atoms with E-state index in [1.54, 1.807) is 52.8 Å². The smallest absolute Gasteiger partial charge is 0.339 e. The summed E-state index contributed by atoms with van der Waals surface area (Å²) >= 11 is 0. The molecule has 1 aliphatic heterocycles. The van der Waals surface area contributed by atoms with E-state index in [-0.39, 0.29) is 24.1 Å². The van der Waals surface area contributed by atoms with Crippen LogP contribution >= 0.6 is 0 Å². The van der Waals surface area contributed by atoms with Crippen molar-refractivity contribution in [3.63, 3.8) is 0 Å². The SMILES string of the molecule is CS(=O)(=O)c1ccc(C2=C(c3ccccc3)C(=O)OC2)cc1.Cc1cc(-c2nnc3c4ccccc4c(OCc4cn(C)nn4)nn23)no1. The van der Waals surface area contributed by atoms with Gasteiger partial charge in [-0.25, -0.2) is 13.2 Å². The lowest BCUT2D eigenvalue weighted by Gasteiger charge is -2.08. The third-order valence-corrected chi connectivity index (χ3v) is 8.77. The van der Waals surface area contributed by atoms with Crippen molar-refractivity contribution in [1.29, 1.82) is 0 Å². The lowest BCUT2D eigenvalue weighted by Crippen LogP contribution is -2.03. The second kappa shape index (κ2) is 12.8. The van der Waals surface area contributed by atoms with E-state index in [0.717, 1.165) is 27.5 Å². The molecule has 0 bridgehead atoms. The number of aryl methyl sites for hydroxylation is 2. The summed E-state index contributed by atoms with van der Waals surface area (Å²) in [5.74, 6) is 1.26. The van der Waals surface area contributed by atoms with Gasteiger partial charge in [0.2, 0.25) is 11.7 Å². The molecule has 15 heteroatoms. The molecule has 246 valence electrons. The monoisotopic (exact) mass is 676 g/mol. The fourth-order valence-electron chi connectivity index (χ4n) is 5.33. The van der Waals surface area contributed by atoms with Gasteiger partial charge in [-0.05, 0) is 36.2 Å². The minimum atomic E-state index is -3.23. The Hall–Kier alpha value is -6.22. The molecule has 14 nitrogen and oxygen atoms in total.